The van der Waals surface area contributed by atoms with Gasteiger partial charge in [-0.05, 0) is 25.1 Å². The van der Waals surface area contributed by atoms with Crippen LogP contribution in [-0.2, 0) is 6.61 Å². The zero-order valence-electron chi connectivity index (χ0n) is 9.61. The van der Waals surface area contributed by atoms with E-state index in [9.17, 15) is 4.39 Å². The first-order valence-corrected chi connectivity index (χ1v) is 6.90. The maximum Gasteiger partial charge on any atom is 0.165 e. The van der Waals surface area contributed by atoms with E-state index in [2.05, 4.69) is 30.8 Å². The van der Waals surface area contributed by atoms with E-state index in [-0.39, 0.29) is 12.4 Å². The van der Waals surface area contributed by atoms with Crippen molar-refractivity contribution < 1.29 is 9.13 Å². The van der Waals surface area contributed by atoms with Crippen molar-refractivity contribution in [2.75, 3.05) is 11.9 Å². The van der Waals surface area contributed by atoms with Crippen LogP contribution in [0.1, 0.15) is 12.6 Å². The molecule has 0 saturated carbocycles. The molecular weight excluding hydrogens is 321 g/mol. The molecule has 2 rings (SSSR count). The van der Waals surface area contributed by atoms with E-state index >= 15 is 0 Å². The maximum atomic E-state index is 13.5. The number of benzene rings is 1. The number of aromatic nitrogens is 2. The van der Waals surface area contributed by atoms with Crippen LogP contribution in [0.15, 0.2) is 22.7 Å². The quantitative estimate of drug-likeness (QED) is 0.911. The summed E-state index contributed by atoms with van der Waals surface area (Å²) in [4.78, 5) is 0. The monoisotopic (exact) mass is 331 g/mol. The van der Waals surface area contributed by atoms with Crippen molar-refractivity contribution in [3.8, 4) is 5.75 Å². The van der Waals surface area contributed by atoms with Crippen molar-refractivity contribution in [3.05, 3.63) is 34.2 Å². The lowest BCUT2D eigenvalue weighted by atomic mass is 10.3. The number of anilines is 1. The first-order chi connectivity index (χ1) is 8.70. The van der Waals surface area contributed by atoms with Crippen LogP contribution in [0.25, 0.3) is 0 Å². The average Bonchev–Trinajstić information content (AvgIpc) is 2.78. The fourth-order valence-corrected chi connectivity index (χ4v) is 2.31. The summed E-state index contributed by atoms with van der Waals surface area (Å²) in [5.41, 5.74) is 0.682. The molecule has 0 atom stereocenters. The van der Waals surface area contributed by atoms with Crippen molar-refractivity contribution in [2.45, 2.75) is 13.5 Å². The Morgan fingerprint density at radius 1 is 1.50 bits per heavy atom. The molecule has 0 spiro atoms. The van der Waals surface area contributed by atoms with E-state index in [4.69, 9.17) is 4.74 Å². The van der Waals surface area contributed by atoms with Gasteiger partial charge in [-0.25, -0.2) is 4.39 Å². The number of halogens is 2. The highest BCUT2D eigenvalue weighted by atomic mass is 79.9. The van der Waals surface area contributed by atoms with Crippen LogP contribution in [0.3, 0.4) is 0 Å². The fraction of sp³-hybridized carbons (Fsp3) is 0.273. The summed E-state index contributed by atoms with van der Waals surface area (Å²) in [6.07, 6.45) is 0. The van der Waals surface area contributed by atoms with Gasteiger partial charge in [0.2, 0.25) is 0 Å². The third-order valence-corrected chi connectivity index (χ3v) is 3.37. The summed E-state index contributed by atoms with van der Waals surface area (Å²) < 4.78 is 23.5. The molecule has 0 amide bonds. The Kier molecular flexibility index (Phi) is 4.48. The minimum Gasteiger partial charge on any atom is -0.484 e. The lowest BCUT2D eigenvalue weighted by molar-refractivity contribution is 0.286. The van der Waals surface area contributed by atoms with E-state index in [1.807, 2.05) is 6.92 Å². The van der Waals surface area contributed by atoms with E-state index in [0.717, 1.165) is 16.0 Å². The Bertz CT molecular complexity index is 535. The molecular formula is C11H11BrFN3OS. The van der Waals surface area contributed by atoms with Crippen molar-refractivity contribution in [2.24, 2.45) is 0 Å². The lowest BCUT2D eigenvalue weighted by Crippen LogP contribution is -2.03. The van der Waals surface area contributed by atoms with Gasteiger partial charge in [0.25, 0.3) is 0 Å². The molecule has 0 saturated heterocycles. The predicted molar refractivity (Wildman–Crippen MR) is 72.5 cm³/mol. The second-order valence-electron chi connectivity index (χ2n) is 3.44. The van der Waals surface area contributed by atoms with Crippen LogP contribution in [0, 0.1) is 5.82 Å². The summed E-state index contributed by atoms with van der Waals surface area (Å²) in [5, 5.41) is 7.93. The van der Waals surface area contributed by atoms with Gasteiger partial charge in [-0.1, -0.05) is 20.4 Å². The van der Waals surface area contributed by atoms with E-state index < -0.39 is 5.82 Å². The highest BCUT2D eigenvalue weighted by molar-refractivity contribution is 9.10. The van der Waals surface area contributed by atoms with Crippen LogP contribution in [-0.4, -0.2) is 16.1 Å². The van der Waals surface area contributed by atoms with Gasteiger partial charge in [0.05, 0.1) is 0 Å². The standard InChI is InChI=1S/C11H11BrFN3OS/c1-2-14-11-9(15-16-18-11)6-17-10-5-7(12)3-4-8(10)13/h3-5,14H,2,6H2,1H3. The molecule has 1 aromatic heterocycles. The third-order valence-electron chi connectivity index (χ3n) is 2.15. The molecule has 2 aromatic rings. The van der Waals surface area contributed by atoms with Crippen LogP contribution >= 0.6 is 27.5 Å². The fourth-order valence-electron chi connectivity index (χ4n) is 1.33. The van der Waals surface area contributed by atoms with E-state index in [1.54, 1.807) is 12.1 Å². The number of nitrogens with zero attached hydrogens (tertiary/aromatic N) is 2. The smallest absolute Gasteiger partial charge is 0.165 e. The molecule has 0 unspecified atom stereocenters. The van der Waals surface area contributed by atoms with Crippen LogP contribution in [0.2, 0.25) is 0 Å². The highest BCUT2D eigenvalue weighted by Gasteiger charge is 2.10. The van der Waals surface area contributed by atoms with Gasteiger partial charge >= 0.3 is 0 Å². The number of hydrogen-bond donors (Lipinski definition) is 1. The van der Waals surface area contributed by atoms with Gasteiger partial charge in [0, 0.05) is 22.5 Å². The highest BCUT2D eigenvalue weighted by Crippen LogP contribution is 2.24. The zero-order chi connectivity index (χ0) is 13.0. The molecule has 1 N–H and O–H groups in total. The molecule has 0 bridgehead atoms. The largest absolute Gasteiger partial charge is 0.484 e. The predicted octanol–water partition coefficient (Wildman–Crippen LogP) is 3.45. The van der Waals surface area contributed by atoms with Gasteiger partial charge < -0.3 is 10.1 Å². The summed E-state index contributed by atoms with van der Waals surface area (Å²) >= 11 is 4.53. The second kappa shape index (κ2) is 6.10. The lowest BCUT2D eigenvalue weighted by Gasteiger charge is -2.07. The summed E-state index contributed by atoms with van der Waals surface area (Å²) in [5.74, 6) is -0.203. The Hall–Kier alpha value is -1.21. The topological polar surface area (TPSA) is 47.0 Å². The number of hydrogen-bond acceptors (Lipinski definition) is 5. The Morgan fingerprint density at radius 2 is 2.33 bits per heavy atom. The van der Waals surface area contributed by atoms with E-state index in [0.29, 0.717) is 5.69 Å². The minimum atomic E-state index is -0.397. The molecule has 96 valence electrons. The van der Waals surface area contributed by atoms with E-state index in [1.165, 1.54) is 17.6 Å². The van der Waals surface area contributed by atoms with Crippen molar-refractivity contribution in [3.63, 3.8) is 0 Å². The van der Waals surface area contributed by atoms with Crippen LogP contribution < -0.4 is 10.1 Å². The van der Waals surface area contributed by atoms with Crippen molar-refractivity contribution in [1.82, 2.24) is 9.59 Å². The van der Waals surface area contributed by atoms with Crippen LogP contribution in [0.4, 0.5) is 9.39 Å². The maximum absolute atomic E-state index is 13.5. The number of ether oxygens (including phenoxy) is 1. The Labute approximate surface area is 116 Å². The first-order valence-electron chi connectivity index (χ1n) is 5.33. The van der Waals surface area contributed by atoms with Gasteiger partial charge in [-0.15, -0.1) is 5.10 Å². The van der Waals surface area contributed by atoms with Crippen molar-refractivity contribution in [1.29, 1.82) is 0 Å². The molecule has 0 radical (unpaired) electrons. The molecule has 18 heavy (non-hydrogen) atoms. The van der Waals surface area contributed by atoms with Gasteiger partial charge in [-0.3, -0.25) is 0 Å². The van der Waals surface area contributed by atoms with Crippen molar-refractivity contribution >= 4 is 32.5 Å². The average molecular weight is 332 g/mol. The summed E-state index contributed by atoms with van der Waals surface area (Å²) in [7, 11) is 0. The molecule has 4 nitrogen and oxygen atoms in total. The third kappa shape index (κ3) is 3.17. The molecule has 0 aliphatic carbocycles. The molecule has 1 heterocycles. The van der Waals surface area contributed by atoms with Crippen LogP contribution in [0.5, 0.6) is 5.75 Å². The Morgan fingerprint density at radius 3 is 3.11 bits per heavy atom. The molecule has 7 heteroatoms. The molecule has 0 aliphatic heterocycles. The van der Waals surface area contributed by atoms with Gasteiger partial charge in [0.15, 0.2) is 11.6 Å². The first kappa shape index (κ1) is 13.2. The minimum absolute atomic E-state index is 0.187. The SMILES string of the molecule is CCNc1snnc1COc1cc(Br)ccc1F. The van der Waals surface area contributed by atoms with Gasteiger partial charge in [-0.2, -0.15) is 0 Å². The summed E-state index contributed by atoms with van der Waals surface area (Å²) in [6, 6.07) is 4.56. The number of rotatable bonds is 5. The second-order valence-corrected chi connectivity index (χ2v) is 5.11. The molecule has 0 fully saturated rings. The Balaban J connectivity index is 2.06. The normalized spacial score (nSPS) is 10.4. The number of nitrogens with one attached hydrogen (secondary N) is 1. The molecule has 1 aromatic carbocycles. The molecule has 0 aliphatic rings. The van der Waals surface area contributed by atoms with Gasteiger partial charge in [0.1, 0.15) is 17.3 Å². The summed E-state index contributed by atoms with van der Waals surface area (Å²) in [6.45, 7) is 2.95. The zero-order valence-corrected chi connectivity index (χ0v) is 12.0.